The minimum Gasteiger partial charge on any atom is -0.495 e. The molecule has 0 aliphatic heterocycles. The summed E-state index contributed by atoms with van der Waals surface area (Å²) in [5.74, 6) is -0.431. The second-order valence-corrected chi connectivity index (χ2v) is 7.06. The predicted molar refractivity (Wildman–Crippen MR) is 115 cm³/mol. The van der Waals surface area contributed by atoms with E-state index >= 15 is 0 Å². The molecule has 0 spiro atoms. The Morgan fingerprint density at radius 2 is 1.93 bits per heavy atom. The van der Waals surface area contributed by atoms with Crippen LogP contribution in [0.2, 0.25) is 5.02 Å². The number of carbonyl (C=O) groups excluding carboxylic acids is 2. The van der Waals surface area contributed by atoms with Crippen molar-refractivity contribution < 1.29 is 14.3 Å². The van der Waals surface area contributed by atoms with Gasteiger partial charge in [-0.1, -0.05) is 28.9 Å². The maximum absolute atomic E-state index is 12.6. The first-order valence-corrected chi connectivity index (χ1v) is 9.37. The first kappa shape index (κ1) is 21.1. The number of nitrogens with two attached hydrogens (primary N) is 1. The molecule has 156 valence electrons. The summed E-state index contributed by atoms with van der Waals surface area (Å²) in [6, 6.07) is 10.5. The van der Waals surface area contributed by atoms with Crippen LogP contribution < -0.4 is 21.1 Å². The normalized spacial score (nSPS) is 10.5. The van der Waals surface area contributed by atoms with Gasteiger partial charge in [0.1, 0.15) is 12.3 Å². The molecule has 1 aromatic heterocycles. The van der Waals surface area contributed by atoms with E-state index < -0.39 is 11.8 Å². The average molecular weight is 429 g/mol. The van der Waals surface area contributed by atoms with E-state index in [1.165, 1.54) is 7.11 Å². The summed E-state index contributed by atoms with van der Waals surface area (Å²) in [5, 5.41) is 13.4. The highest BCUT2D eigenvalue weighted by atomic mass is 35.5. The van der Waals surface area contributed by atoms with E-state index in [4.69, 9.17) is 22.1 Å². The molecule has 0 atom stereocenters. The molecule has 0 bridgehead atoms. The van der Waals surface area contributed by atoms with Crippen molar-refractivity contribution in [3.8, 4) is 5.75 Å². The SMILES string of the molecule is COc1ccc(NC(=O)Cn2nnc(C(=O)Nc3cc(C)ccc3C)c2N)cc1Cl. The van der Waals surface area contributed by atoms with Gasteiger partial charge < -0.3 is 21.1 Å². The number of rotatable bonds is 6. The van der Waals surface area contributed by atoms with Crippen molar-refractivity contribution in [2.45, 2.75) is 20.4 Å². The summed E-state index contributed by atoms with van der Waals surface area (Å²) < 4.78 is 6.23. The monoisotopic (exact) mass is 428 g/mol. The molecule has 0 saturated carbocycles. The van der Waals surface area contributed by atoms with E-state index in [0.29, 0.717) is 22.1 Å². The van der Waals surface area contributed by atoms with Crippen molar-refractivity contribution >= 4 is 40.6 Å². The summed E-state index contributed by atoms with van der Waals surface area (Å²) >= 11 is 6.06. The van der Waals surface area contributed by atoms with Crippen LogP contribution in [0.3, 0.4) is 0 Å². The number of ether oxygens (including phenoxy) is 1. The zero-order chi connectivity index (χ0) is 21.8. The lowest BCUT2D eigenvalue weighted by molar-refractivity contribution is -0.116. The van der Waals surface area contributed by atoms with Crippen LogP contribution in [0.15, 0.2) is 36.4 Å². The summed E-state index contributed by atoms with van der Waals surface area (Å²) in [6.07, 6.45) is 0. The highest BCUT2D eigenvalue weighted by molar-refractivity contribution is 6.32. The topological polar surface area (TPSA) is 124 Å². The largest absolute Gasteiger partial charge is 0.495 e. The first-order valence-electron chi connectivity index (χ1n) is 8.99. The van der Waals surface area contributed by atoms with Crippen molar-refractivity contribution in [3.63, 3.8) is 0 Å². The van der Waals surface area contributed by atoms with Gasteiger partial charge in [-0.3, -0.25) is 9.59 Å². The molecule has 0 aliphatic rings. The molecule has 0 aliphatic carbocycles. The lowest BCUT2D eigenvalue weighted by Gasteiger charge is -2.09. The molecule has 0 fully saturated rings. The Hall–Kier alpha value is -3.59. The minimum atomic E-state index is -0.505. The molecule has 30 heavy (non-hydrogen) atoms. The number of benzene rings is 2. The molecule has 10 heteroatoms. The fourth-order valence-electron chi connectivity index (χ4n) is 2.73. The van der Waals surface area contributed by atoms with Gasteiger partial charge in [0.05, 0.1) is 12.1 Å². The van der Waals surface area contributed by atoms with Crippen LogP contribution in [0.25, 0.3) is 0 Å². The Morgan fingerprint density at radius 1 is 1.17 bits per heavy atom. The number of aryl methyl sites for hydroxylation is 2. The zero-order valence-corrected chi connectivity index (χ0v) is 17.4. The number of aromatic nitrogens is 3. The molecule has 0 unspecified atom stereocenters. The quantitative estimate of drug-likeness (QED) is 0.554. The summed E-state index contributed by atoms with van der Waals surface area (Å²) in [6.45, 7) is 3.58. The third-order valence-electron chi connectivity index (χ3n) is 4.36. The number of amides is 2. The lowest BCUT2D eigenvalue weighted by Crippen LogP contribution is -2.21. The molecule has 2 aromatic carbocycles. The number of anilines is 3. The Balaban J connectivity index is 1.68. The highest BCUT2D eigenvalue weighted by Gasteiger charge is 2.20. The number of nitrogens with zero attached hydrogens (tertiary/aromatic N) is 3. The molecule has 0 saturated heterocycles. The van der Waals surface area contributed by atoms with E-state index in [9.17, 15) is 9.59 Å². The fraction of sp³-hybridized carbons (Fsp3) is 0.200. The predicted octanol–water partition coefficient (Wildman–Crippen LogP) is 3.03. The zero-order valence-electron chi connectivity index (χ0n) is 16.7. The van der Waals surface area contributed by atoms with Gasteiger partial charge >= 0.3 is 0 Å². The van der Waals surface area contributed by atoms with Gasteiger partial charge in [-0.2, -0.15) is 0 Å². The van der Waals surface area contributed by atoms with Crippen LogP contribution in [-0.4, -0.2) is 33.9 Å². The van der Waals surface area contributed by atoms with E-state index in [1.807, 2.05) is 32.0 Å². The molecule has 4 N–H and O–H groups in total. The van der Waals surface area contributed by atoms with Gasteiger partial charge in [0.15, 0.2) is 11.5 Å². The Morgan fingerprint density at radius 3 is 2.63 bits per heavy atom. The minimum absolute atomic E-state index is 0.0132. The molecule has 2 amide bonds. The fourth-order valence-corrected chi connectivity index (χ4v) is 2.99. The summed E-state index contributed by atoms with van der Waals surface area (Å²) in [4.78, 5) is 24.9. The van der Waals surface area contributed by atoms with Gasteiger partial charge in [0.2, 0.25) is 5.91 Å². The standard InChI is InChI=1S/C20H21ClN6O3/c1-11-4-5-12(2)15(8-11)24-20(29)18-19(22)27(26-25-18)10-17(28)23-13-6-7-16(30-3)14(21)9-13/h4-9H,10,22H2,1-3H3,(H,23,28)(H,24,29). The molecular formula is C20H21ClN6O3. The Kier molecular flexibility index (Phi) is 6.22. The van der Waals surface area contributed by atoms with Crippen molar-refractivity contribution in [1.82, 2.24) is 15.0 Å². The number of halogens is 1. The van der Waals surface area contributed by atoms with Crippen LogP contribution in [0, 0.1) is 13.8 Å². The number of hydrogen-bond donors (Lipinski definition) is 3. The van der Waals surface area contributed by atoms with Crippen LogP contribution in [-0.2, 0) is 11.3 Å². The third kappa shape index (κ3) is 4.69. The molecule has 0 radical (unpaired) electrons. The Bertz CT molecular complexity index is 1110. The third-order valence-corrected chi connectivity index (χ3v) is 4.65. The highest BCUT2D eigenvalue weighted by Crippen LogP contribution is 2.27. The van der Waals surface area contributed by atoms with Gasteiger partial charge in [-0.25, -0.2) is 4.68 Å². The van der Waals surface area contributed by atoms with Crippen molar-refractivity contribution in [1.29, 1.82) is 0 Å². The summed E-state index contributed by atoms with van der Waals surface area (Å²) in [7, 11) is 1.50. The van der Waals surface area contributed by atoms with Crippen molar-refractivity contribution in [2.75, 3.05) is 23.5 Å². The maximum atomic E-state index is 12.6. The first-order chi connectivity index (χ1) is 14.3. The van der Waals surface area contributed by atoms with Gasteiger partial charge in [0.25, 0.3) is 5.91 Å². The Labute approximate surface area is 178 Å². The van der Waals surface area contributed by atoms with E-state index in [2.05, 4.69) is 20.9 Å². The van der Waals surface area contributed by atoms with Crippen molar-refractivity contribution in [3.05, 3.63) is 58.2 Å². The van der Waals surface area contributed by atoms with Crippen LogP contribution in [0.1, 0.15) is 21.6 Å². The second-order valence-electron chi connectivity index (χ2n) is 6.65. The van der Waals surface area contributed by atoms with Gasteiger partial charge in [0, 0.05) is 11.4 Å². The molecule has 3 rings (SSSR count). The van der Waals surface area contributed by atoms with E-state index in [-0.39, 0.29) is 18.1 Å². The number of nitrogens with one attached hydrogen (secondary N) is 2. The second kappa shape index (κ2) is 8.83. The van der Waals surface area contributed by atoms with E-state index in [1.54, 1.807) is 18.2 Å². The van der Waals surface area contributed by atoms with Crippen LogP contribution in [0.4, 0.5) is 17.2 Å². The van der Waals surface area contributed by atoms with Gasteiger partial charge in [-0.15, -0.1) is 5.10 Å². The number of nitrogen functional groups attached to an aromatic ring is 1. The smallest absolute Gasteiger partial charge is 0.280 e. The maximum Gasteiger partial charge on any atom is 0.280 e. The van der Waals surface area contributed by atoms with E-state index in [0.717, 1.165) is 15.8 Å². The number of carbonyl (C=O) groups is 2. The average Bonchev–Trinajstić information content (AvgIpc) is 3.05. The molecular weight excluding hydrogens is 408 g/mol. The summed E-state index contributed by atoms with van der Waals surface area (Å²) in [5.41, 5.74) is 8.97. The van der Waals surface area contributed by atoms with Crippen LogP contribution in [0.5, 0.6) is 5.75 Å². The van der Waals surface area contributed by atoms with Gasteiger partial charge in [-0.05, 0) is 49.2 Å². The van der Waals surface area contributed by atoms with Crippen LogP contribution >= 0.6 is 11.6 Å². The lowest BCUT2D eigenvalue weighted by atomic mass is 10.1. The molecule has 9 nitrogen and oxygen atoms in total. The van der Waals surface area contributed by atoms with Crippen molar-refractivity contribution in [2.24, 2.45) is 0 Å². The number of methoxy groups -OCH3 is 1. The molecule has 3 aromatic rings. The number of hydrogen-bond acceptors (Lipinski definition) is 6. The molecule has 1 heterocycles.